The molecule has 1 heterocycles. The zero-order chi connectivity index (χ0) is 15.6. The maximum Gasteiger partial charge on any atom is 0.416 e. The largest absolute Gasteiger partial charge is 0.465 e. The van der Waals surface area contributed by atoms with Crippen molar-refractivity contribution in [2.24, 2.45) is 0 Å². The lowest BCUT2D eigenvalue weighted by Gasteiger charge is -2.08. The van der Waals surface area contributed by atoms with Crippen molar-refractivity contribution in [2.75, 3.05) is 7.11 Å². The lowest BCUT2D eigenvalue weighted by Crippen LogP contribution is -2.18. The molecule has 7 heteroatoms. The molecule has 0 bridgehead atoms. The number of ether oxygens (including phenoxy) is 1. The van der Waals surface area contributed by atoms with Gasteiger partial charge in [0, 0.05) is 6.20 Å². The summed E-state index contributed by atoms with van der Waals surface area (Å²) in [6.45, 7) is 0. The highest BCUT2D eigenvalue weighted by Gasteiger charge is 2.30. The fourth-order valence-corrected chi connectivity index (χ4v) is 1.76. The Morgan fingerprint density at radius 3 is 2.29 bits per heavy atom. The van der Waals surface area contributed by atoms with E-state index in [0.717, 1.165) is 19.2 Å². The van der Waals surface area contributed by atoms with Crippen LogP contribution in [0.4, 0.5) is 13.2 Å². The highest BCUT2D eigenvalue weighted by Crippen LogP contribution is 2.30. The lowest BCUT2D eigenvalue weighted by atomic mass is 10.0. The number of hydrogen-bond acceptors (Lipinski definition) is 3. The molecule has 4 nitrogen and oxygen atoms in total. The summed E-state index contributed by atoms with van der Waals surface area (Å²) in [5.41, 5.74) is -0.774. The Hall–Kier alpha value is -2.57. The lowest BCUT2D eigenvalue weighted by molar-refractivity contribution is -0.137. The van der Waals surface area contributed by atoms with E-state index >= 15 is 0 Å². The molecule has 0 fully saturated rings. The Labute approximate surface area is 117 Å². The molecule has 2 rings (SSSR count). The van der Waals surface area contributed by atoms with E-state index in [-0.39, 0.29) is 5.56 Å². The smallest absolute Gasteiger partial charge is 0.416 e. The molecule has 0 spiro atoms. The van der Waals surface area contributed by atoms with Crippen molar-refractivity contribution in [3.63, 3.8) is 0 Å². The van der Waals surface area contributed by atoms with Crippen molar-refractivity contribution >= 4 is 5.97 Å². The molecule has 0 atom stereocenters. The predicted molar refractivity (Wildman–Crippen MR) is 68.8 cm³/mol. The molecule has 0 amide bonds. The van der Waals surface area contributed by atoms with Gasteiger partial charge in [-0.25, -0.2) is 4.79 Å². The van der Waals surface area contributed by atoms with Crippen LogP contribution >= 0.6 is 0 Å². The second-order valence-electron chi connectivity index (χ2n) is 4.20. The maximum absolute atomic E-state index is 12.5. The molecular formula is C14H10F3NO3. The minimum absolute atomic E-state index is 0.213. The van der Waals surface area contributed by atoms with Crippen molar-refractivity contribution in [1.29, 1.82) is 0 Å². The highest BCUT2D eigenvalue weighted by atomic mass is 19.4. The maximum atomic E-state index is 12.5. The van der Waals surface area contributed by atoms with Crippen molar-refractivity contribution in [3.8, 4) is 11.1 Å². The number of rotatable bonds is 2. The molecule has 0 saturated carbocycles. The molecule has 1 aromatic carbocycles. The third-order valence-corrected chi connectivity index (χ3v) is 2.85. The Kier molecular flexibility index (Phi) is 3.84. The van der Waals surface area contributed by atoms with Gasteiger partial charge < -0.3 is 9.72 Å². The topological polar surface area (TPSA) is 59.2 Å². The summed E-state index contributed by atoms with van der Waals surface area (Å²) < 4.78 is 41.9. The number of carbonyl (C=O) groups excluding carboxylic acids is 1. The number of esters is 1. The minimum atomic E-state index is -4.42. The molecule has 0 saturated heterocycles. The average molecular weight is 297 g/mol. The first-order valence-corrected chi connectivity index (χ1v) is 5.81. The fraction of sp³-hybridized carbons (Fsp3) is 0.143. The molecule has 0 aliphatic heterocycles. The summed E-state index contributed by atoms with van der Waals surface area (Å²) in [4.78, 5) is 25.2. The molecule has 0 radical (unpaired) electrons. The molecule has 0 aliphatic rings. The number of benzene rings is 1. The molecule has 0 unspecified atom stereocenters. The summed E-state index contributed by atoms with van der Waals surface area (Å²) in [5.74, 6) is -0.815. The number of H-pyrrole nitrogens is 1. The molecule has 2 aromatic rings. The van der Waals surface area contributed by atoms with Gasteiger partial charge in [-0.1, -0.05) is 12.1 Å². The zero-order valence-electron chi connectivity index (χ0n) is 10.8. The Morgan fingerprint density at radius 1 is 1.14 bits per heavy atom. The Balaban J connectivity index is 2.43. The first-order chi connectivity index (χ1) is 9.82. The van der Waals surface area contributed by atoms with Gasteiger partial charge in [0.05, 0.1) is 12.7 Å². The van der Waals surface area contributed by atoms with Gasteiger partial charge in [0.25, 0.3) is 5.56 Å². The number of halogens is 3. The SMILES string of the molecule is COC(=O)c1cc(-c2ccc(C(F)(F)F)cc2)c[nH]c1=O. The number of pyridine rings is 1. The fourth-order valence-electron chi connectivity index (χ4n) is 1.76. The minimum Gasteiger partial charge on any atom is -0.465 e. The van der Waals surface area contributed by atoms with Crippen LogP contribution in [0.15, 0.2) is 41.3 Å². The monoisotopic (exact) mass is 297 g/mol. The zero-order valence-corrected chi connectivity index (χ0v) is 10.8. The molecule has 1 aromatic heterocycles. The number of methoxy groups -OCH3 is 1. The van der Waals surface area contributed by atoms with Crippen LogP contribution in [0.1, 0.15) is 15.9 Å². The summed E-state index contributed by atoms with van der Waals surface area (Å²) in [6, 6.07) is 5.65. The van der Waals surface area contributed by atoms with Crippen LogP contribution < -0.4 is 5.56 Å². The summed E-state index contributed by atoms with van der Waals surface area (Å²) in [7, 11) is 1.13. The average Bonchev–Trinajstić information content (AvgIpc) is 2.46. The van der Waals surface area contributed by atoms with E-state index in [0.29, 0.717) is 11.1 Å². The first-order valence-electron chi connectivity index (χ1n) is 5.81. The highest BCUT2D eigenvalue weighted by molar-refractivity contribution is 5.90. The van der Waals surface area contributed by atoms with E-state index in [4.69, 9.17) is 0 Å². The van der Waals surface area contributed by atoms with E-state index in [2.05, 4.69) is 9.72 Å². The van der Waals surface area contributed by atoms with E-state index in [1.54, 1.807) is 0 Å². The molecule has 0 aliphatic carbocycles. The number of alkyl halides is 3. The van der Waals surface area contributed by atoms with Gasteiger partial charge in [-0.3, -0.25) is 4.79 Å². The molecule has 21 heavy (non-hydrogen) atoms. The van der Waals surface area contributed by atoms with Crippen LogP contribution in [0.2, 0.25) is 0 Å². The van der Waals surface area contributed by atoms with Crippen LogP contribution in [0.5, 0.6) is 0 Å². The summed E-state index contributed by atoms with van der Waals surface area (Å²) >= 11 is 0. The van der Waals surface area contributed by atoms with Gasteiger partial charge >= 0.3 is 12.1 Å². The molecule has 1 N–H and O–H groups in total. The number of aromatic amines is 1. The van der Waals surface area contributed by atoms with Crippen molar-refractivity contribution in [1.82, 2.24) is 4.98 Å². The van der Waals surface area contributed by atoms with Crippen LogP contribution in [-0.4, -0.2) is 18.1 Å². The summed E-state index contributed by atoms with van der Waals surface area (Å²) in [6.07, 6.45) is -3.10. The molecule has 110 valence electrons. The van der Waals surface area contributed by atoms with Gasteiger partial charge in [0.15, 0.2) is 0 Å². The summed E-state index contributed by atoms with van der Waals surface area (Å²) in [5, 5.41) is 0. The van der Waals surface area contributed by atoms with Crippen LogP contribution in [0, 0.1) is 0 Å². The van der Waals surface area contributed by atoms with Crippen LogP contribution in [0.25, 0.3) is 11.1 Å². The molecular weight excluding hydrogens is 287 g/mol. The van der Waals surface area contributed by atoms with Gasteiger partial charge in [0.2, 0.25) is 0 Å². The standard InChI is InChI=1S/C14H10F3NO3/c1-21-13(20)11-6-9(7-18-12(11)19)8-2-4-10(5-3-8)14(15,16)17/h2-7H,1H3,(H,18,19). The van der Waals surface area contributed by atoms with Gasteiger partial charge in [-0.15, -0.1) is 0 Å². The number of carbonyl (C=O) groups is 1. The normalized spacial score (nSPS) is 11.2. The second kappa shape index (κ2) is 5.43. The second-order valence-corrected chi connectivity index (χ2v) is 4.20. The van der Waals surface area contributed by atoms with Gasteiger partial charge in [0.1, 0.15) is 5.56 Å². The van der Waals surface area contributed by atoms with Crippen molar-refractivity contribution < 1.29 is 22.7 Å². The van der Waals surface area contributed by atoms with Crippen LogP contribution in [-0.2, 0) is 10.9 Å². The van der Waals surface area contributed by atoms with Crippen LogP contribution in [0.3, 0.4) is 0 Å². The Bertz CT molecular complexity index is 717. The number of aromatic nitrogens is 1. The quantitative estimate of drug-likeness (QED) is 0.867. The van der Waals surface area contributed by atoms with Crippen molar-refractivity contribution in [3.05, 3.63) is 58.0 Å². The van der Waals surface area contributed by atoms with E-state index in [1.165, 1.54) is 24.4 Å². The van der Waals surface area contributed by atoms with E-state index < -0.39 is 23.3 Å². The third-order valence-electron chi connectivity index (χ3n) is 2.85. The predicted octanol–water partition coefficient (Wildman–Crippen LogP) is 2.85. The Morgan fingerprint density at radius 2 is 1.76 bits per heavy atom. The van der Waals surface area contributed by atoms with E-state index in [9.17, 15) is 22.8 Å². The van der Waals surface area contributed by atoms with Gasteiger partial charge in [-0.2, -0.15) is 13.2 Å². The number of nitrogens with one attached hydrogen (secondary N) is 1. The van der Waals surface area contributed by atoms with E-state index in [1.807, 2.05) is 0 Å². The first kappa shape index (κ1) is 14.8. The third kappa shape index (κ3) is 3.13. The van der Waals surface area contributed by atoms with Gasteiger partial charge in [-0.05, 0) is 29.3 Å². The number of hydrogen-bond donors (Lipinski definition) is 1. The van der Waals surface area contributed by atoms with Crippen molar-refractivity contribution in [2.45, 2.75) is 6.18 Å².